The molecule has 4 N–H and O–H groups in total. The fraction of sp³-hybridized carbons (Fsp3) is 0. The van der Waals surface area contributed by atoms with E-state index in [1.165, 1.54) is 0 Å². The number of amides is 2. The topological polar surface area (TPSA) is 239 Å². The van der Waals surface area contributed by atoms with Crippen molar-refractivity contribution in [3.8, 4) is 34.5 Å². The van der Waals surface area contributed by atoms with Gasteiger partial charge in [0.05, 0.1) is 62.6 Å². The number of carbonyl (C=O) groups excluding carboxylic acids is 2. The van der Waals surface area contributed by atoms with Crippen LogP contribution in [-0.2, 0) is 0 Å². The maximum Gasteiger partial charge on any atom is 0.259 e. The number of benzene rings is 11. The third-order valence-corrected chi connectivity index (χ3v) is 13.8. The number of hydrogen-bond donors (Lipinski definition) is 4. The zero-order valence-corrected chi connectivity index (χ0v) is 46.0. The minimum atomic E-state index is -0.546. The number of nitrogens with one attached hydrogen (secondary N) is 2. The Hall–Kier alpha value is -12.7. The van der Waals surface area contributed by atoms with Gasteiger partial charge in [-0.25, -0.2) is 4.68 Å². The van der Waals surface area contributed by atoms with Crippen molar-refractivity contribution >= 4 is 102 Å². The number of hydrogen-bond acceptors (Lipinski definition) is 14. The Labute approximate surface area is 497 Å². The van der Waals surface area contributed by atoms with E-state index in [-0.39, 0.29) is 34.0 Å². The number of fused-ring (bicyclic) bond motifs is 2. The van der Waals surface area contributed by atoms with Crippen molar-refractivity contribution in [3.05, 3.63) is 277 Å². The van der Waals surface area contributed by atoms with Gasteiger partial charge in [0.2, 0.25) is 0 Å². The first-order valence-corrected chi connectivity index (χ1v) is 27.3. The van der Waals surface area contributed by atoms with E-state index in [0.29, 0.717) is 83.9 Å². The summed E-state index contributed by atoms with van der Waals surface area (Å²) in [5.41, 5.74) is 8.98. The van der Waals surface area contributed by atoms with Crippen molar-refractivity contribution in [2.24, 2.45) is 40.9 Å². The van der Waals surface area contributed by atoms with Crippen LogP contribution in [0.5, 0.6) is 11.5 Å². The zero-order valence-electron chi connectivity index (χ0n) is 46.0. The van der Waals surface area contributed by atoms with Gasteiger partial charge in [-0.1, -0.05) is 121 Å². The number of rotatable bonds is 16. The highest BCUT2D eigenvalue weighted by molar-refractivity contribution is 6.13. The Bertz CT molecular complexity index is 4730. The fourth-order valence-corrected chi connectivity index (χ4v) is 9.35. The van der Waals surface area contributed by atoms with Crippen LogP contribution in [0.2, 0.25) is 0 Å². The van der Waals surface area contributed by atoms with Gasteiger partial charge in [-0.3, -0.25) is 9.59 Å². The molecular weight excluding hydrogens is 1090 g/mol. The van der Waals surface area contributed by atoms with Gasteiger partial charge in [0, 0.05) is 39.5 Å². The lowest BCUT2D eigenvalue weighted by atomic mass is 10.0. The molecule has 0 bridgehead atoms. The van der Waals surface area contributed by atoms with Crippen LogP contribution < -0.4 is 10.6 Å². The molecule has 0 atom stereocenters. The molecule has 0 saturated heterocycles. The van der Waals surface area contributed by atoms with E-state index in [4.69, 9.17) is 5.10 Å². The van der Waals surface area contributed by atoms with Crippen molar-refractivity contribution in [1.82, 2.24) is 9.78 Å². The van der Waals surface area contributed by atoms with Crippen molar-refractivity contribution < 1.29 is 19.8 Å². The predicted molar refractivity (Wildman–Crippen MR) is 339 cm³/mol. The summed E-state index contributed by atoms with van der Waals surface area (Å²) < 4.78 is 1.73. The van der Waals surface area contributed by atoms with Gasteiger partial charge in [-0.05, 0) is 150 Å². The summed E-state index contributed by atoms with van der Waals surface area (Å²) in [5, 5.41) is 81.3. The van der Waals surface area contributed by atoms with Crippen LogP contribution in [-0.4, -0.2) is 31.8 Å². The quantitative estimate of drug-likeness (QED) is 0.0686. The smallest absolute Gasteiger partial charge is 0.259 e. The number of aromatic hydroxyl groups is 2. The monoisotopic (exact) mass is 1130 g/mol. The molecule has 0 saturated carbocycles. The highest BCUT2D eigenvalue weighted by Crippen LogP contribution is 2.42. The Balaban J connectivity index is 0.778. The molecule has 0 aliphatic heterocycles. The lowest BCUT2D eigenvalue weighted by molar-refractivity contribution is 0.101. The average Bonchev–Trinajstić information content (AvgIpc) is 1.94. The standard InChI is InChI=1S/C70H47N13O4/c71-43-46-25-38-59(39-26-46)83-44-50(27-22-45-23-28-55(29-24-45)78-80-65-60-20-9-7-12-47(60)41-62(67(65)84)69(86)72-51-30-34-56(35-31-51)76-74-53-15-3-1-4-16-53)64(82-83)49-14-11-19-58(40-49)79-81-66-61-21-10-8-13-48(61)42-63(68(66)85)70(87)73-52-32-36-57(37-33-52)77-75-54-17-5-2-6-18-54/h1-42,44,84-85H,(H,72,86)(H,73,87)/b27-22+,76-74+,77-75+,80-78+,81-79+. The summed E-state index contributed by atoms with van der Waals surface area (Å²) >= 11 is 0. The van der Waals surface area contributed by atoms with E-state index in [0.717, 1.165) is 16.8 Å². The number of phenolic OH excluding ortho intramolecular Hbond substituents is 2. The van der Waals surface area contributed by atoms with Gasteiger partial charge in [0.1, 0.15) is 17.1 Å². The average molecular weight is 1130 g/mol. The highest BCUT2D eigenvalue weighted by atomic mass is 16.3. The molecule has 0 radical (unpaired) electrons. The molecule has 12 aromatic rings. The lowest BCUT2D eigenvalue weighted by Crippen LogP contribution is -2.12. The molecular formula is C70H47N13O4. The number of phenols is 2. The van der Waals surface area contributed by atoms with E-state index < -0.39 is 11.8 Å². The van der Waals surface area contributed by atoms with Crippen molar-refractivity contribution in [1.29, 1.82) is 5.26 Å². The second-order valence-electron chi connectivity index (χ2n) is 19.7. The summed E-state index contributed by atoms with van der Waals surface area (Å²) in [6.45, 7) is 0. The number of nitriles is 1. The molecule has 0 aliphatic rings. The third-order valence-electron chi connectivity index (χ3n) is 13.8. The largest absolute Gasteiger partial charge is 0.505 e. The van der Waals surface area contributed by atoms with Crippen molar-refractivity contribution in [2.45, 2.75) is 0 Å². The van der Waals surface area contributed by atoms with Crippen molar-refractivity contribution in [2.75, 3.05) is 10.6 Å². The van der Waals surface area contributed by atoms with Crippen molar-refractivity contribution in [3.63, 3.8) is 0 Å². The molecule has 0 unspecified atom stereocenters. The summed E-state index contributed by atoms with van der Waals surface area (Å²) in [4.78, 5) is 27.5. The Morgan fingerprint density at radius 1 is 0.448 bits per heavy atom. The summed E-state index contributed by atoms with van der Waals surface area (Å²) in [7, 11) is 0. The van der Waals surface area contributed by atoms with Gasteiger partial charge < -0.3 is 20.8 Å². The maximum atomic E-state index is 13.8. The van der Waals surface area contributed by atoms with E-state index >= 15 is 0 Å². The van der Waals surface area contributed by atoms with E-state index in [2.05, 4.69) is 57.6 Å². The van der Waals surface area contributed by atoms with Gasteiger partial charge >= 0.3 is 0 Å². The van der Waals surface area contributed by atoms with Crippen LogP contribution in [0, 0.1) is 11.3 Å². The Morgan fingerprint density at radius 3 is 1.39 bits per heavy atom. The number of anilines is 2. The fourth-order valence-electron chi connectivity index (χ4n) is 9.35. The second kappa shape index (κ2) is 25.2. The Kier molecular flexibility index (Phi) is 15.9. The Morgan fingerprint density at radius 2 is 0.885 bits per heavy atom. The normalized spacial score (nSPS) is 11.6. The molecule has 416 valence electrons. The number of nitrogens with zero attached hydrogens (tertiary/aromatic N) is 11. The molecule has 17 heteroatoms. The molecule has 1 heterocycles. The van der Waals surface area contributed by atoms with E-state index in [1.807, 2.05) is 164 Å². The van der Waals surface area contributed by atoms with E-state index in [1.54, 1.807) is 102 Å². The van der Waals surface area contributed by atoms with Gasteiger partial charge in [0.25, 0.3) is 11.8 Å². The van der Waals surface area contributed by atoms with Crippen LogP contribution in [0.25, 0.3) is 50.6 Å². The van der Waals surface area contributed by atoms with Gasteiger partial charge in [-0.2, -0.15) is 41.0 Å². The molecule has 0 aliphatic carbocycles. The first-order valence-electron chi connectivity index (χ1n) is 27.3. The third kappa shape index (κ3) is 12.9. The molecule has 1 aromatic heterocycles. The molecule has 11 aromatic carbocycles. The lowest BCUT2D eigenvalue weighted by Gasteiger charge is -2.11. The molecule has 0 fully saturated rings. The molecule has 87 heavy (non-hydrogen) atoms. The molecule has 12 rings (SSSR count). The zero-order chi connectivity index (χ0) is 59.5. The first kappa shape index (κ1) is 54.9. The number of aromatic nitrogens is 2. The predicted octanol–water partition coefficient (Wildman–Crippen LogP) is 19.5. The minimum absolute atomic E-state index is 0.00919. The first-order chi connectivity index (χ1) is 42.7. The maximum absolute atomic E-state index is 13.8. The summed E-state index contributed by atoms with van der Waals surface area (Å²) in [6, 6.07) is 74.3. The minimum Gasteiger partial charge on any atom is -0.505 e. The number of azo groups is 4. The number of carbonyl (C=O) groups is 2. The highest BCUT2D eigenvalue weighted by Gasteiger charge is 2.21. The summed E-state index contributed by atoms with van der Waals surface area (Å²) in [6.07, 6.45) is 5.76. The van der Waals surface area contributed by atoms with Crippen LogP contribution in [0.4, 0.5) is 56.9 Å². The molecule has 17 nitrogen and oxygen atoms in total. The summed E-state index contributed by atoms with van der Waals surface area (Å²) in [5.74, 6) is -1.74. The van der Waals surface area contributed by atoms with Crippen LogP contribution >= 0.6 is 0 Å². The SMILES string of the molecule is N#Cc1ccc(-n2cc(/C=C/c3ccc(/N=N/c4c(O)c(C(=O)Nc5ccc(/N=N/c6ccccc6)cc5)cc5ccccc45)cc3)c(-c3cccc(/N=N/c4c(O)c(C(=O)Nc5ccc(/N=N/c6ccccc6)cc5)cc5ccccc45)c3)n2)cc1. The van der Waals surface area contributed by atoms with Crippen LogP contribution in [0.1, 0.15) is 37.4 Å². The van der Waals surface area contributed by atoms with Gasteiger partial charge in [-0.15, -0.1) is 10.2 Å². The van der Waals surface area contributed by atoms with Gasteiger partial charge in [0.15, 0.2) is 11.5 Å². The molecule has 0 spiro atoms. The van der Waals surface area contributed by atoms with Crippen LogP contribution in [0.3, 0.4) is 0 Å². The molecule has 2 amide bonds. The second-order valence-corrected chi connectivity index (χ2v) is 19.7. The van der Waals surface area contributed by atoms with Crippen LogP contribution in [0.15, 0.2) is 290 Å². The van der Waals surface area contributed by atoms with E-state index in [9.17, 15) is 25.1 Å².